The molecule has 0 heterocycles. The van der Waals surface area contributed by atoms with Gasteiger partial charge in [-0.05, 0) is 23.6 Å². The van der Waals surface area contributed by atoms with Crippen molar-refractivity contribution in [1.29, 1.82) is 0 Å². The summed E-state index contributed by atoms with van der Waals surface area (Å²) in [5, 5.41) is 9.29. The van der Waals surface area contributed by atoms with Gasteiger partial charge in [-0.1, -0.05) is 6.07 Å². The fraction of sp³-hybridized carbons (Fsp3) is 0.333. The van der Waals surface area contributed by atoms with Crippen molar-refractivity contribution in [2.24, 2.45) is 0 Å². The third-order valence-electron chi connectivity index (χ3n) is 2.30. The van der Waals surface area contributed by atoms with Crippen LogP contribution in [0.25, 0.3) is 0 Å². The van der Waals surface area contributed by atoms with E-state index >= 15 is 0 Å². The second-order valence-electron chi connectivity index (χ2n) is 3.16. The van der Waals surface area contributed by atoms with Crippen molar-refractivity contribution < 1.29 is 9.50 Å². The number of hydrogen-bond donors (Lipinski definition) is 2. The molecule has 0 aliphatic heterocycles. The quantitative estimate of drug-likeness (QED) is 0.563. The van der Waals surface area contributed by atoms with Gasteiger partial charge in [0.2, 0.25) is 0 Å². The Balaban J connectivity index is 2.54. The van der Waals surface area contributed by atoms with Gasteiger partial charge in [0.05, 0.1) is 11.8 Å². The van der Waals surface area contributed by atoms with Crippen molar-refractivity contribution in [3.63, 3.8) is 0 Å². The second kappa shape index (κ2) is 2.45. The topological polar surface area (TPSA) is 46.2 Å². The monoisotopic (exact) mass is 167 g/mol. The Bertz CT molecular complexity index is 325. The van der Waals surface area contributed by atoms with Crippen LogP contribution in [0.5, 0.6) is 0 Å². The van der Waals surface area contributed by atoms with Crippen molar-refractivity contribution in [3.8, 4) is 0 Å². The van der Waals surface area contributed by atoms with Gasteiger partial charge in [-0.25, -0.2) is 4.39 Å². The number of aliphatic hydroxyl groups excluding tert-OH is 1. The van der Waals surface area contributed by atoms with E-state index in [1.54, 1.807) is 6.07 Å². The largest absolute Gasteiger partial charge is 0.396 e. The van der Waals surface area contributed by atoms with E-state index in [-0.39, 0.29) is 17.6 Å². The summed E-state index contributed by atoms with van der Waals surface area (Å²) < 4.78 is 12.9. The first-order valence-corrected chi connectivity index (χ1v) is 3.92. The van der Waals surface area contributed by atoms with Crippen molar-refractivity contribution in [2.45, 2.75) is 18.9 Å². The van der Waals surface area contributed by atoms with Crippen LogP contribution in [-0.2, 0) is 12.8 Å². The highest BCUT2D eigenvalue weighted by molar-refractivity contribution is 5.54. The number of nitrogen functional groups attached to an aromatic ring is 1. The van der Waals surface area contributed by atoms with Crippen LogP contribution < -0.4 is 5.73 Å². The molecule has 0 aromatic heterocycles. The van der Waals surface area contributed by atoms with Gasteiger partial charge in [-0.2, -0.15) is 0 Å². The van der Waals surface area contributed by atoms with E-state index in [4.69, 9.17) is 5.73 Å². The molecule has 3 N–H and O–H groups in total. The standard InChI is InChI=1S/C9H10FNO/c10-8-2-1-5-3-6(12)4-7(5)9(8)11/h1-2,6,12H,3-4,11H2/t6-/m0/s1. The summed E-state index contributed by atoms with van der Waals surface area (Å²) in [5.74, 6) is -0.386. The van der Waals surface area contributed by atoms with Crippen molar-refractivity contribution >= 4 is 5.69 Å². The number of hydrogen-bond acceptors (Lipinski definition) is 2. The van der Waals surface area contributed by atoms with Gasteiger partial charge in [0.25, 0.3) is 0 Å². The van der Waals surface area contributed by atoms with Crippen LogP contribution in [0.1, 0.15) is 11.1 Å². The molecular formula is C9H10FNO. The lowest BCUT2D eigenvalue weighted by Crippen LogP contribution is -2.04. The SMILES string of the molecule is Nc1c(F)ccc2c1C[C@@H](O)C2. The summed E-state index contributed by atoms with van der Waals surface area (Å²) in [6, 6.07) is 3.05. The first-order chi connectivity index (χ1) is 5.68. The third-order valence-corrected chi connectivity index (χ3v) is 2.30. The average molecular weight is 167 g/mol. The van der Waals surface area contributed by atoms with Crippen LogP contribution in [0.15, 0.2) is 12.1 Å². The maximum Gasteiger partial charge on any atom is 0.146 e. The molecule has 2 rings (SSSR count). The maximum absolute atomic E-state index is 12.9. The van der Waals surface area contributed by atoms with Crippen molar-refractivity contribution in [3.05, 3.63) is 29.1 Å². The van der Waals surface area contributed by atoms with E-state index < -0.39 is 0 Å². The molecule has 0 saturated carbocycles. The van der Waals surface area contributed by atoms with Gasteiger partial charge in [0.1, 0.15) is 5.82 Å². The Morgan fingerprint density at radius 3 is 2.92 bits per heavy atom. The number of aliphatic hydroxyl groups is 1. The maximum atomic E-state index is 12.9. The van der Waals surface area contributed by atoms with E-state index in [9.17, 15) is 9.50 Å². The van der Waals surface area contributed by atoms with Crippen LogP contribution in [0, 0.1) is 5.82 Å². The van der Waals surface area contributed by atoms with Crippen LogP contribution in [0.4, 0.5) is 10.1 Å². The Hall–Kier alpha value is -1.09. The number of nitrogens with two attached hydrogens (primary N) is 1. The Labute approximate surface area is 69.8 Å². The summed E-state index contributed by atoms with van der Waals surface area (Å²) >= 11 is 0. The summed E-state index contributed by atoms with van der Waals surface area (Å²) in [5.41, 5.74) is 7.46. The highest BCUT2D eigenvalue weighted by Gasteiger charge is 2.22. The molecule has 0 saturated heterocycles. The lowest BCUT2D eigenvalue weighted by molar-refractivity contribution is 0.187. The molecule has 1 atom stereocenters. The number of halogens is 1. The first-order valence-electron chi connectivity index (χ1n) is 3.92. The zero-order chi connectivity index (χ0) is 8.72. The van der Waals surface area contributed by atoms with Gasteiger partial charge >= 0.3 is 0 Å². The summed E-state index contributed by atoms with van der Waals surface area (Å²) in [4.78, 5) is 0. The first kappa shape index (κ1) is 7.55. The fourth-order valence-corrected chi connectivity index (χ4v) is 1.68. The average Bonchev–Trinajstić information content (AvgIpc) is 2.39. The predicted molar refractivity (Wildman–Crippen MR) is 44.2 cm³/mol. The zero-order valence-electron chi connectivity index (χ0n) is 6.55. The Kier molecular flexibility index (Phi) is 1.54. The lowest BCUT2D eigenvalue weighted by Gasteiger charge is -2.03. The molecule has 0 spiro atoms. The van der Waals surface area contributed by atoms with Crippen LogP contribution in [-0.4, -0.2) is 11.2 Å². The summed E-state index contributed by atoms with van der Waals surface area (Å²) in [6.45, 7) is 0. The van der Waals surface area contributed by atoms with E-state index in [2.05, 4.69) is 0 Å². The van der Waals surface area contributed by atoms with Crippen molar-refractivity contribution in [1.82, 2.24) is 0 Å². The highest BCUT2D eigenvalue weighted by atomic mass is 19.1. The molecule has 0 radical (unpaired) electrons. The predicted octanol–water partition coefficient (Wildman–Crippen LogP) is 0.867. The Morgan fingerprint density at radius 1 is 1.42 bits per heavy atom. The minimum atomic E-state index is -0.386. The Morgan fingerprint density at radius 2 is 2.17 bits per heavy atom. The summed E-state index contributed by atoms with van der Waals surface area (Å²) in [7, 11) is 0. The number of fused-ring (bicyclic) bond motifs is 1. The normalized spacial score (nSPS) is 21.0. The zero-order valence-corrected chi connectivity index (χ0v) is 6.55. The van der Waals surface area contributed by atoms with Crippen LogP contribution in [0.2, 0.25) is 0 Å². The van der Waals surface area contributed by atoms with E-state index in [0.29, 0.717) is 12.8 Å². The van der Waals surface area contributed by atoms with E-state index in [0.717, 1.165) is 11.1 Å². The van der Waals surface area contributed by atoms with E-state index in [1.807, 2.05) is 0 Å². The molecule has 64 valence electrons. The molecule has 3 heteroatoms. The molecule has 2 nitrogen and oxygen atoms in total. The van der Waals surface area contributed by atoms with Gasteiger partial charge in [-0.15, -0.1) is 0 Å². The minimum absolute atomic E-state index is 0.198. The fourth-order valence-electron chi connectivity index (χ4n) is 1.68. The molecule has 0 amide bonds. The molecule has 12 heavy (non-hydrogen) atoms. The lowest BCUT2D eigenvalue weighted by atomic mass is 10.1. The molecule has 1 aromatic rings. The number of rotatable bonds is 0. The van der Waals surface area contributed by atoms with Gasteiger partial charge < -0.3 is 10.8 Å². The second-order valence-corrected chi connectivity index (χ2v) is 3.16. The van der Waals surface area contributed by atoms with Crippen LogP contribution in [0.3, 0.4) is 0 Å². The van der Waals surface area contributed by atoms with Crippen molar-refractivity contribution in [2.75, 3.05) is 5.73 Å². The smallest absolute Gasteiger partial charge is 0.146 e. The van der Waals surface area contributed by atoms with E-state index in [1.165, 1.54) is 6.07 Å². The highest BCUT2D eigenvalue weighted by Crippen LogP contribution is 2.28. The molecule has 1 aliphatic rings. The minimum Gasteiger partial charge on any atom is -0.396 e. The number of benzene rings is 1. The molecular weight excluding hydrogens is 157 g/mol. The molecule has 0 bridgehead atoms. The van der Waals surface area contributed by atoms with Gasteiger partial charge in [0, 0.05) is 6.42 Å². The molecule has 0 fully saturated rings. The molecule has 1 aromatic carbocycles. The number of anilines is 1. The van der Waals surface area contributed by atoms with Crippen LogP contribution >= 0.6 is 0 Å². The summed E-state index contributed by atoms with van der Waals surface area (Å²) in [6.07, 6.45) is 0.697. The molecule has 0 unspecified atom stereocenters. The van der Waals surface area contributed by atoms with Gasteiger partial charge in [-0.3, -0.25) is 0 Å². The third kappa shape index (κ3) is 0.975. The molecule has 1 aliphatic carbocycles. The van der Waals surface area contributed by atoms with Gasteiger partial charge in [0.15, 0.2) is 0 Å².